The predicted octanol–water partition coefficient (Wildman–Crippen LogP) is 3.00. The van der Waals surface area contributed by atoms with Crippen LogP contribution in [0.1, 0.15) is 29.0 Å². The van der Waals surface area contributed by atoms with Crippen LogP contribution >= 0.6 is 0 Å². The molecular weight excluding hydrogens is 399 g/mol. The van der Waals surface area contributed by atoms with Gasteiger partial charge in [0.05, 0.1) is 12.1 Å². The van der Waals surface area contributed by atoms with Gasteiger partial charge in [-0.15, -0.1) is 0 Å². The van der Waals surface area contributed by atoms with Crippen LogP contribution in [0.25, 0.3) is 11.3 Å². The number of hydrogen-bond acceptors (Lipinski definition) is 4. The number of hydrogen-bond donors (Lipinski definition) is 1. The molecule has 0 atom stereocenters. The summed E-state index contributed by atoms with van der Waals surface area (Å²) in [4.78, 5) is 28.2. The van der Waals surface area contributed by atoms with Crippen LogP contribution in [0.15, 0.2) is 40.8 Å². The van der Waals surface area contributed by atoms with E-state index in [1.165, 1.54) is 24.3 Å². The molecule has 9 heteroatoms. The Hall–Kier alpha value is -2.81. The first-order chi connectivity index (χ1) is 14.3. The quantitative estimate of drug-likeness (QED) is 0.806. The Morgan fingerprint density at radius 2 is 1.80 bits per heavy atom. The normalized spacial score (nSPS) is 17.8. The summed E-state index contributed by atoms with van der Waals surface area (Å²) < 4.78 is 44.3. The monoisotopic (exact) mass is 421 g/mol. The van der Waals surface area contributed by atoms with Crippen molar-refractivity contribution in [1.82, 2.24) is 15.1 Å². The van der Waals surface area contributed by atoms with Gasteiger partial charge in [0, 0.05) is 37.8 Å². The molecule has 4 rings (SSSR count). The third-order valence-corrected chi connectivity index (χ3v) is 5.26. The molecule has 0 spiro atoms. The van der Waals surface area contributed by atoms with Crippen LogP contribution in [0, 0.1) is 0 Å². The van der Waals surface area contributed by atoms with E-state index in [0.29, 0.717) is 38.8 Å². The van der Waals surface area contributed by atoms with Crippen LogP contribution in [-0.2, 0) is 11.0 Å². The molecule has 1 N–H and O–H groups in total. The Kier molecular flexibility index (Phi) is 5.55. The van der Waals surface area contributed by atoms with E-state index >= 15 is 0 Å². The minimum atomic E-state index is -4.45. The number of nitrogens with zero attached hydrogens (tertiary/aromatic N) is 2. The Labute approximate surface area is 171 Å². The number of furan rings is 1. The molecule has 1 aliphatic heterocycles. The molecule has 1 saturated heterocycles. The number of amides is 2. The molecule has 1 aromatic carbocycles. The van der Waals surface area contributed by atoms with Gasteiger partial charge in [-0.3, -0.25) is 14.5 Å². The van der Waals surface area contributed by atoms with Gasteiger partial charge in [-0.05, 0) is 37.1 Å². The summed E-state index contributed by atoms with van der Waals surface area (Å²) in [5.74, 6) is -0.00785. The fourth-order valence-corrected chi connectivity index (χ4v) is 3.43. The Morgan fingerprint density at radius 3 is 2.47 bits per heavy atom. The van der Waals surface area contributed by atoms with E-state index in [9.17, 15) is 22.8 Å². The number of nitrogens with one attached hydrogen (secondary N) is 1. The number of rotatable bonds is 5. The molecular formula is C21H22F3N3O3. The Balaban J connectivity index is 1.35. The van der Waals surface area contributed by atoms with Crippen LogP contribution in [0.3, 0.4) is 0 Å². The highest BCUT2D eigenvalue weighted by molar-refractivity contribution is 5.92. The van der Waals surface area contributed by atoms with Crippen molar-refractivity contribution in [1.29, 1.82) is 0 Å². The predicted molar refractivity (Wildman–Crippen MR) is 103 cm³/mol. The maximum atomic E-state index is 12.9. The third kappa shape index (κ3) is 4.84. The largest absolute Gasteiger partial charge is 0.451 e. The maximum Gasteiger partial charge on any atom is 0.416 e. The minimum Gasteiger partial charge on any atom is -0.451 e. The lowest BCUT2D eigenvalue weighted by atomic mass is 10.1. The highest BCUT2D eigenvalue weighted by Crippen LogP contribution is 2.32. The first-order valence-corrected chi connectivity index (χ1v) is 9.88. The van der Waals surface area contributed by atoms with Gasteiger partial charge in [0.15, 0.2) is 5.76 Å². The second kappa shape index (κ2) is 8.14. The first kappa shape index (κ1) is 20.5. The Bertz CT molecular complexity index is 929. The number of carbonyl (C=O) groups is 2. The van der Waals surface area contributed by atoms with E-state index in [-0.39, 0.29) is 28.9 Å². The SMILES string of the molecule is O=C(CN1CCN(C(=O)c2ccc(-c3cccc(C(F)(F)F)c3)o2)CC1)NC1CC1. The summed E-state index contributed by atoms with van der Waals surface area (Å²) in [6.45, 7) is 2.37. The molecule has 30 heavy (non-hydrogen) atoms. The van der Waals surface area contributed by atoms with Crippen molar-refractivity contribution in [3.63, 3.8) is 0 Å². The van der Waals surface area contributed by atoms with Gasteiger partial charge in [0.25, 0.3) is 5.91 Å². The standard InChI is InChI=1S/C21H22F3N3O3/c22-21(23,24)15-3-1-2-14(12-15)17-6-7-18(30-17)20(29)27-10-8-26(9-11-27)13-19(28)25-16-4-5-16/h1-3,6-7,12,16H,4-5,8-11,13H2,(H,25,28). The molecule has 1 aromatic heterocycles. The molecule has 2 fully saturated rings. The van der Waals surface area contributed by atoms with Crippen LogP contribution in [0.5, 0.6) is 0 Å². The fourth-order valence-electron chi connectivity index (χ4n) is 3.43. The molecule has 1 saturated carbocycles. The van der Waals surface area contributed by atoms with Crippen LogP contribution < -0.4 is 5.32 Å². The second-order valence-electron chi connectivity index (χ2n) is 7.65. The molecule has 2 aliphatic rings. The average Bonchev–Trinajstić information content (AvgIpc) is 3.38. The lowest BCUT2D eigenvalue weighted by molar-refractivity contribution is -0.137. The topological polar surface area (TPSA) is 65.8 Å². The van der Waals surface area contributed by atoms with Crippen molar-refractivity contribution >= 4 is 11.8 Å². The number of alkyl halides is 3. The van der Waals surface area contributed by atoms with E-state index in [2.05, 4.69) is 5.32 Å². The van der Waals surface area contributed by atoms with Crippen LogP contribution in [0.2, 0.25) is 0 Å². The lowest BCUT2D eigenvalue weighted by Gasteiger charge is -2.33. The number of benzene rings is 1. The van der Waals surface area contributed by atoms with Crippen molar-refractivity contribution in [2.75, 3.05) is 32.7 Å². The average molecular weight is 421 g/mol. The van der Waals surface area contributed by atoms with Gasteiger partial charge < -0.3 is 14.6 Å². The molecule has 6 nitrogen and oxygen atoms in total. The van der Waals surface area contributed by atoms with E-state index < -0.39 is 11.7 Å². The highest BCUT2D eigenvalue weighted by atomic mass is 19.4. The number of halogens is 3. The molecule has 2 amide bonds. The van der Waals surface area contributed by atoms with E-state index in [1.807, 2.05) is 4.90 Å². The van der Waals surface area contributed by atoms with Gasteiger partial charge in [-0.25, -0.2) is 0 Å². The number of piperazine rings is 1. The maximum absolute atomic E-state index is 12.9. The lowest BCUT2D eigenvalue weighted by Crippen LogP contribution is -2.51. The van der Waals surface area contributed by atoms with Crippen molar-refractivity contribution in [3.05, 3.63) is 47.7 Å². The summed E-state index contributed by atoms with van der Waals surface area (Å²) >= 11 is 0. The van der Waals surface area contributed by atoms with E-state index in [1.54, 1.807) is 4.90 Å². The molecule has 0 bridgehead atoms. The van der Waals surface area contributed by atoms with Gasteiger partial charge in [0.1, 0.15) is 5.76 Å². The van der Waals surface area contributed by atoms with Gasteiger partial charge in [0.2, 0.25) is 5.91 Å². The summed E-state index contributed by atoms with van der Waals surface area (Å²) in [6.07, 6.45) is -2.37. The van der Waals surface area contributed by atoms with E-state index in [4.69, 9.17) is 4.42 Å². The first-order valence-electron chi connectivity index (χ1n) is 9.88. The molecule has 160 valence electrons. The zero-order valence-corrected chi connectivity index (χ0v) is 16.2. The number of carbonyl (C=O) groups excluding carboxylic acids is 2. The van der Waals surface area contributed by atoms with Crippen LogP contribution in [0.4, 0.5) is 13.2 Å². The van der Waals surface area contributed by atoms with Crippen molar-refractivity contribution in [3.8, 4) is 11.3 Å². The molecule has 2 aromatic rings. The van der Waals surface area contributed by atoms with Crippen molar-refractivity contribution in [2.45, 2.75) is 25.1 Å². The zero-order chi connectivity index (χ0) is 21.3. The summed E-state index contributed by atoms with van der Waals surface area (Å²) in [5.41, 5.74) is -0.513. The second-order valence-corrected chi connectivity index (χ2v) is 7.65. The third-order valence-electron chi connectivity index (χ3n) is 5.26. The van der Waals surface area contributed by atoms with Gasteiger partial charge in [-0.1, -0.05) is 12.1 Å². The van der Waals surface area contributed by atoms with Gasteiger partial charge in [-0.2, -0.15) is 13.2 Å². The van der Waals surface area contributed by atoms with E-state index in [0.717, 1.165) is 25.0 Å². The summed E-state index contributed by atoms with van der Waals surface area (Å²) in [6, 6.07) is 8.11. The smallest absolute Gasteiger partial charge is 0.416 e. The summed E-state index contributed by atoms with van der Waals surface area (Å²) in [5, 5.41) is 2.95. The van der Waals surface area contributed by atoms with Crippen molar-refractivity contribution < 1.29 is 27.2 Å². The molecule has 2 heterocycles. The molecule has 0 radical (unpaired) electrons. The highest BCUT2D eigenvalue weighted by Gasteiger charge is 2.31. The fraction of sp³-hybridized carbons (Fsp3) is 0.429. The van der Waals surface area contributed by atoms with Crippen molar-refractivity contribution in [2.24, 2.45) is 0 Å². The van der Waals surface area contributed by atoms with Crippen LogP contribution in [-0.4, -0.2) is 60.4 Å². The molecule has 1 aliphatic carbocycles. The Morgan fingerprint density at radius 1 is 1.07 bits per heavy atom. The zero-order valence-electron chi connectivity index (χ0n) is 16.2. The minimum absolute atomic E-state index is 0.00837. The molecule has 0 unspecified atom stereocenters. The van der Waals surface area contributed by atoms with Gasteiger partial charge >= 0.3 is 6.18 Å². The summed E-state index contributed by atoms with van der Waals surface area (Å²) in [7, 11) is 0.